The predicted octanol–water partition coefficient (Wildman–Crippen LogP) is 2.52. The monoisotopic (exact) mass is 266 g/mol. The fourth-order valence-corrected chi connectivity index (χ4v) is 2.34. The third kappa shape index (κ3) is 3.85. The van der Waals surface area contributed by atoms with Crippen molar-refractivity contribution in [2.24, 2.45) is 5.73 Å². The van der Waals surface area contributed by atoms with Crippen LogP contribution >= 0.6 is 0 Å². The molecule has 1 aromatic rings. The summed E-state index contributed by atoms with van der Waals surface area (Å²) in [6.45, 7) is 6.69. The third-order valence-electron chi connectivity index (χ3n) is 3.48. The van der Waals surface area contributed by atoms with Crippen molar-refractivity contribution in [2.45, 2.75) is 32.7 Å². The van der Waals surface area contributed by atoms with Crippen molar-refractivity contribution in [3.05, 3.63) is 23.8 Å². The maximum atomic E-state index is 10.3. The molecule has 19 heavy (non-hydrogen) atoms. The number of para-hydroxylation sites is 1. The van der Waals surface area contributed by atoms with Gasteiger partial charge in [-0.25, -0.2) is 0 Å². The van der Waals surface area contributed by atoms with E-state index in [2.05, 4.69) is 18.7 Å². The Bertz CT molecular complexity index is 382. The van der Waals surface area contributed by atoms with Gasteiger partial charge in [0.2, 0.25) is 0 Å². The Morgan fingerprint density at radius 2 is 2.11 bits per heavy atom. The largest absolute Gasteiger partial charge is 0.504 e. The lowest BCUT2D eigenvalue weighted by atomic mass is 10.0. The van der Waals surface area contributed by atoms with Gasteiger partial charge < -0.3 is 15.6 Å². The third-order valence-corrected chi connectivity index (χ3v) is 3.48. The molecule has 0 heterocycles. The highest BCUT2D eigenvalue weighted by molar-refractivity contribution is 5.47. The van der Waals surface area contributed by atoms with Crippen LogP contribution in [0.5, 0.6) is 11.5 Å². The number of likely N-dealkylation sites (N-methyl/N-ethyl adjacent to an activating group) is 1. The summed E-state index contributed by atoms with van der Waals surface area (Å²) in [4.78, 5) is 2.30. The van der Waals surface area contributed by atoms with Gasteiger partial charge in [0, 0.05) is 12.1 Å². The number of ether oxygens (including phenoxy) is 1. The van der Waals surface area contributed by atoms with Crippen LogP contribution in [0.15, 0.2) is 18.2 Å². The molecule has 1 aromatic carbocycles. The molecule has 1 atom stereocenters. The molecule has 0 saturated carbocycles. The van der Waals surface area contributed by atoms with Crippen molar-refractivity contribution in [3.63, 3.8) is 0 Å². The Hall–Kier alpha value is -1.26. The van der Waals surface area contributed by atoms with Gasteiger partial charge in [0.1, 0.15) is 0 Å². The molecule has 1 rings (SSSR count). The van der Waals surface area contributed by atoms with Crippen molar-refractivity contribution < 1.29 is 9.84 Å². The Kier molecular flexibility index (Phi) is 6.67. The summed E-state index contributed by atoms with van der Waals surface area (Å²) >= 11 is 0. The molecule has 0 bridgehead atoms. The average Bonchev–Trinajstić information content (AvgIpc) is 2.44. The molecular weight excluding hydrogens is 240 g/mol. The van der Waals surface area contributed by atoms with Crippen molar-refractivity contribution >= 4 is 0 Å². The second-order valence-corrected chi connectivity index (χ2v) is 4.63. The Morgan fingerprint density at radius 1 is 1.37 bits per heavy atom. The Morgan fingerprint density at radius 3 is 2.63 bits per heavy atom. The van der Waals surface area contributed by atoms with Crippen LogP contribution in [-0.2, 0) is 0 Å². The van der Waals surface area contributed by atoms with E-state index in [1.54, 1.807) is 13.2 Å². The van der Waals surface area contributed by atoms with E-state index in [0.717, 1.165) is 31.5 Å². The zero-order valence-corrected chi connectivity index (χ0v) is 12.2. The lowest BCUT2D eigenvalue weighted by Crippen LogP contribution is -2.34. The normalized spacial score (nSPS) is 12.7. The first-order valence-corrected chi connectivity index (χ1v) is 6.99. The fraction of sp³-hybridized carbons (Fsp3) is 0.600. The molecule has 1 unspecified atom stereocenters. The van der Waals surface area contributed by atoms with E-state index < -0.39 is 0 Å². The quantitative estimate of drug-likeness (QED) is 0.759. The maximum Gasteiger partial charge on any atom is 0.162 e. The number of hydrogen-bond donors (Lipinski definition) is 2. The zero-order valence-electron chi connectivity index (χ0n) is 12.2. The number of phenols is 1. The summed E-state index contributed by atoms with van der Waals surface area (Å²) < 4.78 is 5.17. The van der Waals surface area contributed by atoms with Crippen LogP contribution in [0.4, 0.5) is 0 Å². The van der Waals surface area contributed by atoms with Gasteiger partial charge in [0.15, 0.2) is 11.5 Å². The van der Waals surface area contributed by atoms with E-state index in [0.29, 0.717) is 12.3 Å². The summed E-state index contributed by atoms with van der Waals surface area (Å²) in [6, 6.07) is 5.61. The van der Waals surface area contributed by atoms with Gasteiger partial charge in [0.25, 0.3) is 0 Å². The first-order valence-electron chi connectivity index (χ1n) is 6.99. The second-order valence-electron chi connectivity index (χ2n) is 4.63. The molecule has 108 valence electrons. The molecular formula is C15H26N2O2. The molecule has 0 fully saturated rings. The van der Waals surface area contributed by atoms with Gasteiger partial charge in [0.05, 0.1) is 13.2 Å². The summed E-state index contributed by atoms with van der Waals surface area (Å²) in [7, 11) is 1.56. The zero-order chi connectivity index (χ0) is 14.3. The van der Waals surface area contributed by atoms with Gasteiger partial charge >= 0.3 is 0 Å². The molecule has 4 nitrogen and oxygen atoms in total. The minimum Gasteiger partial charge on any atom is -0.504 e. The first-order chi connectivity index (χ1) is 9.19. The van der Waals surface area contributed by atoms with Crippen molar-refractivity contribution in [1.82, 2.24) is 4.90 Å². The number of methoxy groups -OCH3 is 1. The highest BCUT2D eigenvalue weighted by Crippen LogP contribution is 2.35. The van der Waals surface area contributed by atoms with Crippen LogP contribution in [0.25, 0.3) is 0 Å². The van der Waals surface area contributed by atoms with Crippen LogP contribution in [0.1, 0.15) is 38.3 Å². The molecule has 0 radical (unpaired) electrons. The number of rotatable bonds is 8. The van der Waals surface area contributed by atoms with E-state index >= 15 is 0 Å². The minimum atomic E-state index is 0.0339. The van der Waals surface area contributed by atoms with E-state index in [1.807, 2.05) is 12.1 Å². The average molecular weight is 266 g/mol. The number of nitrogens with zero attached hydrogens (tertiary/aromatic N) is 1. The van der Waals surface area contributed by atoms with Crippen LogP contribution in [0.2, 0.25) is 0 Å². The summed E-state index contributed by atoms with van der Waals surface area (Å²) in [5.74, 6) is 0.706. The van der Waals surface area contributed by atoms with Crippen molar-refractivity contribution in [3.8, 4) is 11.5 Å². The smallest absolute Gasteiger partial charge is 0.162 e. The molecule has 0 aliphatic heterocycles. The number of nitrogens with two attached hydrogens (primary N) is 1. The number of aromatic hydroxyl groups is 1. The number of benzene rings is 1. The van der Waals surface area contributed by atoms with Crippen molar-refractivity contribution in [2.75, 3.05) is 26.7 Å². The molecule has 0 aliphatic rings. The van der Waals surface area contributed by atoms with Crippen LogP contribution in [0, 0.1) is 0 Å². The van der Waals surface area contributed by atoms with Crippen LogP contribution in [0.3, 0.4) is 0 Å². The molecule has 0 aliphatic carbocycles. The van der Waals surface area contributed by atoms with Gasteiger partial charge in [-0.05, 0) is 25.6 Å². The predicted molar refractivity (Wildman–Crippen MR) is 78.6 cm³/mol. The van der Waals surface area contributed by atoms with E-state index in [4.69, 9.17) is 10.5 Å². The van der Waals surface area contributed by atoms with Gasteiger partial charge in [-0.2, -0.15) is 0 Å². The number of phenolic OH excluding ortho intramolecular Hbond substituents is 1. The number of hydrogen-bond acceptors (Lipinski definition) is 4. The fourth-order valence-electron chi connectivity index (χ4n) is 2.34. The van der Waals surface area contributed by atoms with E-state index in [-0.39, 0.29) is 11.8 Å². The molecule has 3 N–H and O–H groups in total. The molecule has 0 amide bonds. The SMILES string of the molecule is CCCCN(CC)C(CN)c1cccc(OC)c1O. The second kappa shape index (κ2) is 8.02. The maximum absolute atomic E-state index is 10.3. The first kappa shape index (κ1) is 15.8. The highest BCUT2D eigenvalue weighted by Gasteiger charge is 2.21. The van der Waals surface area contributed by atoms with Crippen molar-refractivity contribution in [1.29, 1.82) is 0 Å². The standard InChI is InChI=1S/C15H26N2O2/c1-4-6-10-17(5-2)13(11-16)12-8-7-9-14(19-3)15(12)18/h7-9,13,18H,4-6,10-11,16H2,1-3H3. The molecule has 4 heteroatoms. The lowest BCUT2D eigenvalue weighted by molar-refractivity contribution is 0.204. The van der Waals surface area contributed by atoms with E-state index in [1.165, 1.54) is 0 Å². The van der Waals surface area contributed by atoms with Crippen LogP contribution in [-0.4, -0.2) is 36.8 Å². The topological polar surface area (TPSA) is 58.7 Å². The lowest BCUT2D eigenvalue weighted by Gasteiger charge is -2.30. The minimum absolute atomic E-state index is 0.0339. The molecule has 0 spiro atoms. The Balaban J connectivity index is 3.01. The van der Waals surface area contributed by atoms with Crippen LogP contribution < -0.4 is 10.5 Å². The van der Waals surface area contributed by atoms with Gasteiger partial charge in [-0.1, -0.05) is 32.4 Å². The molecule has 0 aromatic heterocycles. The summed E-state index contributed by atoms with van der Waals surface area (Å²) in [5, 5.41) is 10.3. The van der Waals surface area contributed by atoms with Gasteiger partial charge in [-0.15, -0.1) is 0 Å². The Labute approximate surface area is 116 Å². The number of unbranched alkanes of at least 4 members (excludes halogenated alkanes) is 1. The molecule has 0 saturated heterocycles. The summed E-state index contributed by atoms with van der Waals surface area (Å²) in [5.41, 5.74) is 6.77. The van der Waals surface area contributed by atoms with E-state index in [9.17, 15) is 5.11 Å². The van der Waals surface area contributed by atoms with Gasteiger partial charge in [-0.3, -0.25) is 4.90 Å². The summed E-state index contributed by atoms with van der Waals surface area (Å²) in [6.07, 6.45) is 2.28. The highest BCUT2D eigenvalue weighted by atomic mass is 16.5.